The Kier molecular flexibility index (Phi) is 8.22. The predicted molar refractivity (Wildman–Crippen MR) is 90.3 cm³/mol. The summed E-state index contributed by atoms with van der Waals surface area (Å²) in [5, 5.41) is 0. The van der Waals surface area contributed by atoms with Crippen molar-refractivity contribution in [2.24, 2.45) is 0 Å². The Morgan fingerprint density at radius 3 is 1.68 bits per heavy atom. The van der Waals surface area contributed by atoms with Crippen LogP contribution in [0.1, 0.15) is 75.2 Å². The van der Waals surface area contributed by atoms with Crippen LogP contribution in [0.4, 0.5) is 0 Å². The summed E-state index contributed by atoms with van der Waals surface area (Å²) in [5.41, 5.74) is 3.39. The monoisotopic (exact) mass is 284 g/mol. The first-order valence-corrected chi connectivity index (χ1v) is 10.2. The molecule has 0 radical (unpaired) electrons. The van der Waals surface area contributed by atoms with Crippen LogP contribution < -0.4 is 0 Å². The van der Waals surface area contributed by atoms with Crippen molar-refractivity contribution in [1.82, 2.24) is 0 Å². The number of rotatable bonds is 8. The highest BCUT2D eigenvalue weighted by Crippen LogP contribution is 2.43. The maximum Gasteiger partial charge on any atom is 0.201 e. The van der Waals surface area contributed by atoms with E-state index in [1.165, 1.54) is 18.4 Å². The molecule has 0 aliphatic rings. The fourth-order valence-corrected chi connectivity index (χ4v) is 8.96. The Bertz CT molecular complexity index is 257. The van der Waals surface area contributed by atoms with E-state index in [0.717, 1.165) is 0 Å². The predicted octanol–water partition coefficient (Wildman–Crippen LogP) is 6.31. The molecule has 0 N–H and O–H groups in total. The van der Waals surface area contributed by atoms with E-state index in [9.17, 15) is 0 Å². The van der Waals surface area contributed by atoms with Gasteiger partial charge in [-0.05, 0) is 36.9 Å². The lowest BCUT2D eigenvalue weighted by molar-refractivity contribution is 0.222. The molecule has 0 aromatic rings. The minimum atomic E-state index is -1.73. The van der Waals surface area contributed by atoms with Gasteiger partial charge in [0, 0.05) is 0 Å². The second kappa shape index (κ2) is 8.26. The van der Waals surface area contributed by atoms with E-state index in [2.05, 4.69) is 68.4 Å². The van der Waals surface area contributed by atoms with E-state index < -0.39 is 8.32 Å². The quantitative estimate of drug-likeness (QED) is 0.374. The number of hydrogen-bond donors (Lipinski definition) is 0. The third-order valence-electron chi connectivity index (χ3n) is 4.48. The van der Waals surface area contributed by atoms with Crippen molar-refractivity contribution in [2.75, 3.05) is 0 Å². The third-order valence-corrected chi connectivity index (χ3v) is 10.7. The average molecular weight is 285 g/mol. The lowest BCUT2D eigenvalue weighted by Gasteiger charge is -2.44. The number of allylic oxidation sites excluding steroid dienone is 1. The van der Waals surface area contributed by atoms with Gasteiger partial charge in [0.2, 0.25) is 8.32 Å². The summed E-state index contributed by atoms with van der Waals surface area (Å²) < 4.78 is 6.75. The van der Waals surface area contributed by atoms with E-state index in [1.54, 1.807) is 0 Å². The van der Waals surface area contributed by atoms with E-state index in [4.69, 9.17) is 4.43 Å². The van der Waals surface area contributed by atoms with Gasteiger partial charge >= 0.3 is 0 Å². The van der Waals surface area contributed by atoms with Crippen LogP contribution in [0.3, 0.4) is 0 Å². The Balaban J connectivity index is 5.12. The number of unbranched alkanes of at least 4 members (excludes halogenated alkanes) is 1. The molecule has 114 valence electrons. The average Bonchev–Trinajstić information content (AvgIpc) is 2.30. The molecule has 0 aliphatic heterocycles. The highest BCUT2D eigenvalue weighted by molar-refractivity contribution is 6.77. The minimum absolute atomic E-state index is 0.269. The maximum atomic E-state index is 6.75. The molecule has 1 nitrogen and oxygen atoms in total. The third kappa shape index (κ3) is 4.75. The lowest BCUT2D eigenvalue weighted by Crippen LogP contribution is -2.49. The zero-order chi connectivity index (χ0) is 15.2. The first-order chi connectivity index (χ1) is 8.70. The van der Waals surface area contributed by atoms with Gasteiger partial charge in [0.15, 0.2) is 0 Å². The summed E-state index contributed by atoms with van der Waals surface area (Å²) >= 11 is 0. The molecule has 0 rings (SSSR count). The first kappa shape index (κ1) is 18.9. The molecule has 0 bridgehead atoms. The Hall–Kier alpha value is -0.0831. The van der Waals surface area contributed by atoms with E-state index in [0.29, 0.717) is 16.6 Å². The second-order valence-corrected chi connectivity index (χ2v) is 12.2. The van der Waals surface area contributed by atoms with Gasteiger partial charge in [0.1, 0.15) is 0 Å². The summed E-state index contributed by atoms with van der Waals surface area (Å²) in [6.45, 7) is 20.8. The van der Waals surface area contributed by atoms with Crippen molar-refractivity contribution in [2.45, 2.75) is 97.9 Å². The largest absolute Gasteiger partial charge is 0.410 e. The molecular weight excluding hydrogens is 248 g/mol. The summed E-state index contributed by atoms with van der Waals surface area (Å²) in [6.07, 6.45) is 5.00. The maximum absolute atomic E-state index is 6.75. The smallest absolute Gasteiger partial charge is 0.201 e. The fourth-order valence-electron chi connectivity index (χ4n) is 3.35. The van der Waals surface area contributed by atoms with Crippen LogP contribution in [-0.4, -0.2) is 14.4 Å². The normalized spacial score (nSPS) is 15.7. The molecule has 0 saturated carbocycles. The molecule has 0 fully saturated rings. The van der Waals surface area contributed by atoms with Gasteiger partial charge in [-0.2, -0.15) is 0 Å². The first-order valence-electron chi connectivity index (χ1n) is 8.04. The van der Waals surface area contributed by atoms with Crippen molar-refractivity contribution in [3.63, 3.8) is 0 Å². The molecule has 19 heavy (non-hydrogen) atoms. The summed E-state index contributed by atoms with van der Waals surface area (Å²) in [5.74, 6) is 0. The Morgan fingerprint density at radius 2 is 1.37 bits per heavy atom. The van der Waals surface area contributed by atoms with Gasteiger partial charge in [0.25, 0.3) is 0 Å². The van der Waals surface area contributed by atoms with Gasteiger partial charge < -0.3 is 4.43 Å². The van der Waals surface area contributed by atoms with E-state index >= 15 is 0 Å². The van der Waals surface area contributed by atoms with Gasteiger partial charge in [-0.25, -0.2) is 0 Å². The molecule has 0 aromatic heterocycles. The van der Waals surface area contributed by atoms with Crippen LogP contribution >= 0.6 is 0 Å². The van der Waals surface area contributed by atoms with Crippen molar-refractivity contribution < 1.29 is 4.43 Å². The fraction of sp³-hybridized carbons (Fsp3) is 0.882. The lowest BCUT2D eigenvalue weighted by atomic mass is 10.1. The molecule has 1 unspecified atom stereocenters. The molecule has 0 aromatic carbocycles. The van der Waals surface area contributed by atoms with Crippen molar-refractivity contribution in [3.05, 3.63) is 11.6 Å². The standard InChI is InChI=1S/C17H36OSi/c1-10-11-12-16(8)17(9)18-19(13(2)3,14(4)5)15(6)7/h12-15,17H,10-11H2,1-9H3/b16-12+. The van der Waals surface area contributed by atoms with Gasteiger partial charge in [0.05, 0.1) is 6.10 Å². The molecule has 0 saturated heterocycles. The second-order valence-electron chi connectivity index (χ2n) is 6.81. The molecule has 0 aliphatic carbocycles. The van der Waals surface area contributed by atoms with Crippen molar-refractivity contribution >= 4 is 8.32 Å². The van der Waals surface area contributed by atoms with Crippen LogP contribution in [0, 0.1) is 0 Å². The molecule has 2 heteroatoms. The Labute approximate surface area is 123 Å². The van der Waals surface area contributed by atoms with Crippen molar-refractivity contribution in [1.29, 1.82) is 0 Å². The summed E-state index contributed by atoms with van der Waals surface area (Å²) in [4.78, 5) is 0. The topological polar surface area (TPSA) is 9.23 Å². The summed E-state index contributed by atoms with van der Waals surface area (Å²) in [7, 11) is -1.73. The Morgan fingerprint density at radius 1 is 0.947 bits per heavy atom. The van der Waals surface area contributed by atoms with Crippen molar-refractivity contribution in [3.8, 4) is 0 Å². The van der Waals surface area contributed by atoms with E-state index in [-0.39, 0.29) is 6.10 Å². The van der Waals surface area contributed by atoms with Gasteiger partial charge in [-0.15, -0.1) is 0 Å². The molecular formula is C17H36OSi. The zero-order valence-corrected chi connectivity index (χ0v) is 15.7. The van der Waals surface area contributed by atoms with Crippen LogP contribution in [0.25, 0.3) is 0 Å². The molecule has 1 atom stereocenters. The zero-order valence-electron chi connectivity index (χ0n) is 14.7. The molecule has 0 heterocycles. The summed E-state index contributed by atoms with van der Waals surface area (Å²) in [6, 6.07) is 0. The van der Waals surface area contributed by atoms with Crippen LogP contribution in [0.5, 0.6) is 0 Å². The highest BCUT2D eigenvalue weighted by Gasteiger charge is 2.46. The van der Waals surface area contributed by atoms with Gasteiger partial charge in [-0.1, -0.05) is 66.5 Å². The number of hydrogen-bond acceptors (Lipinski definition) is 1. The van der Waals surface area contributed by atoms with E-state index in [1.807, 2.05) is 0 Å². The van der Waals surface area contributed by atoms with Crippen LogP contribution in [0.2, 0.25) is 16.6 Å². The highest BCUT2D eigenvalue weighted by atomic mass is 28.4. The van der Waals surface area contributed by atoms with Crippen LogP contribution in [-0.2, 0) is 4.43 Å². The SMILES string of the molecule is CCC/C=C(\C)C(C)O[Si](C(C)C)(C(C)C)C(C)C. The van der Waals surface area contributed by atoms with Crippen LogP contribution in [0.15, 0.2) is 11.6 Å². The molecule has 0 spiro atoms. The van der Waals surface area contributed by atoms with Gasteiger partial charge in [-0.3, -0.25) is 0 Å². The minimum Gasteiger partial charge on any atom is -0.410 e. The molecule has 0 amide bonds.